The molecular formula is C18H17ClFN3O4. The number of pyridine rings is 1. The van der Waals surface area contributed by atoms with Crippen molar-refractivity contribution >= 4 is 22.8 Å². The number of aromatic hydroxyl groups is 1. The van der Waals surface area contributed by atoms with Crippen LogP contribution in [0, 0.1) is 11.7 Å². The van der Waals surface area contributed by atoms with E-state index < -0.39 is 23.9 Å². The highest BCUT2D eigenvalue weighted by Crippen LogP contribution is 2.41. The van der Waals surface area contributed by atoms with Gasteiger partial charge in [0.05, 0.1) is 16.1 Å². The van der Waals surface area contributed by atoms with E-state index in [0.717, 1.165) is 6.07 Å². The Morgan fingerprint density at radius 1 is 1.26 bits per heavy atom. The maximum Gasteiger partial charge on any atom is 0.264 e. The van der Waals surface area contributed by atoms with Crippen LogP contribution >= 0.6 is 11.6 Å². The molecule has 0 bridgehead atoms. The normalized spacial score (nSPS) is 11.3. The van der Waals surface area contributed by atoms with E-state index in [-0.39, 0.29) is 45.5 Å². The molecule has 1 aromatic carbocycles. The fraction of sp³-hybridized carbons (Fsp3) is 0.278. The van der Waals surface area contributed by atoms with Gasteiger partial charge in [-0.1, -0.05) is 25.4 Å². The molecule has 0 atom stereocenters. The van der Waals surface area contributed by atoms with Crippen molar-refractivity contribution in [2.75, 3.05) is 6.79 Å². The second-order valence-electron chi connectivity index (χ2n) is 6.27. The van der Waals surface area contributed by atoms with Crippen LogP contribution in [0.25, 0.3) is 22.3 Å². The fourth-order valence-electron chi connectivity index (χ4n) is 2.88. The average molecular weight is 394 g/mol. The van der Waals surface area contributed by atoms with E-state index in [0.29, 0.717) is 0 Å². The van der Waals surface area contributed by atoms with Gasteiger partial charge in [-0.3, -0.25) is 9.36 Å². The number of hydrogen-bond donors (Lipinski definition) is 2. The molecule has 0 amide bonds. The maximum absolute atomic E-state index is 14.7. The molecule has 0 aliphatic rings. The van der Waals surface area contributed by atoms with E-state index in [4.69, 9.17) is 21.4 Å². The van der Waals surface area contributed by atoms with E-state index in [1.54, 1.807) is 0 Å². The molecule has 0 saturated carbocycles. The Kier molecular flexibility index (Phi) is 5.29. The minimum atomic E-state index is -0.838. The lowest BCUT2D eigenvalue weighted by Gasteiger charge is -2.17. The monoisotopic (exact) mass is 393 g/mol. The van der Waals surface area contributed by atoms with Crippen LogP contribution in [0.3, 0.4) is 0 Å². The van der Waals surface area contributed by atoms with E-state index in [1.165, 1.54) is 23.0 Å². The Balaban J connectivity index is 2.47. The summed E-state index contributed by atoms with van der Waals surface area (Å²) >= 11 is 6.06. The summed E-state index contributed by atoms with van der Waals surface area (Å²) in [4.78, 5) is 21.4. The summed E-state index contributed by atoms with van der Waals surface area (Å²) in [6.07, 6.45) is 2.76. The predicted molar refractivity (Wildman–Crippen MR) is 98.4 cm³/mol. The lowest BCUT2D eigenvalue weighted by atomic mass is 10.0. The highest BCUT2D eigenvalue weighted by Gasteiger charge is 2.26. The summed E-state index contributed by atoms with van der Waals surface area (Å²) in [5, 5.41) is 19.8. The van der Waals surface area contributed by atoms with Crippen molar-refractivity contribution in [2.24, 2.45) is 5.92 Å². The molecule has 0 saturated heterocycles. The molecule has 0 spiro atoms. The molecule has 0 aliphatic carbocycles. The largest absolute Gasteiger partial charge is 0.505 e. The van der Waals surface area contributed by atoms with Gasteiger partial charge in [0, 0.05) is 18.9 Å². The number of rotatable bonds is 5. The van der Waals surface area contributed by atoms with Gasteiger partial charge < -0.3 is 14.9 Å². The van der Waals surface area contributed by atoms with Gasteiger partial charge in [0.1, 0.15) is 11.3 Å². The molecule has 0 unspecified atom stereocenters. The van der Waals surface area contributed by atoms with Gasteiger partial charge in [-0.25, -0.2) is 14.4 Å². The lowest BCUT2D eigenvalue weighted by molar-refractivity contribution is 0.0988. The summed E-state index contributed by atoms with van der Waals surface area (Å²) in [5.41, 5.74) is -1.14. The summed E-state index contributed by atoms with van der Waals surface area (Å²) in [6, 6.07) is 2.28. The van der Waals surface area contributed by atoms with Crippen molar-refractivity contribution in [3.8, 4) is 22.6 Å². The molecule has 27 heavy (non-hydrogen) atoms. The van der Waals surface area contributed by atoms with Crippen molar-refractivity contribution in [3.63, 3.8) is 0 Å². The van der Waals surface area contributed by atoms with E-state index >= 15 is 0 Å². The van der Waals surface area contributed by atoms with Gasteiger partial charge in [0.25, 0.3) is 5.56 Å². The maximum atomic E-state index is 14.7. The minimum absolute atomic E-state index is 0.0195. The number of fused-ring (bicyclic) bond motifs is 1. The molecule has 9 heteroatoms. The molecule has 2 aromatic heterocycles. The SMILES string of the molecule is CC(C)Cn1c(=O)c(-c2c(F)ccc(Cl)c2OCO)c(O)c2nccnc21. The lowest BCUT2D eigenvalue weighted by Crippen LogP contribution is -2.26. The molecule has 0 fully saturated rings. The molecule has 142 valence electrons. The second kappa shape index (κ2) is 7.50. The third-order valence-electron chi connectivity index (χ3n) is 3.92. The van der Waals surface area contributed by atoms with Crippen molar-refractivity contribution in [1.82, 2.24) is 14.5 Å². The summed E-state index contributed by atoms with van der Waals surface area (Å²) in [6.45, 7) is 3.30. The molecule has 3 rings (SSSR count). The first kappa shape index (κ1) is 19.1. The molecule has 3 aromatic rings. The standard InChI is InChI=1S/C18H17ClFN3O4/c1-9(2)7-23-17-14(21-5-6-22-17)15(25)13(18(23)26)12-11(20)4-3-10(19)16(12)27-8-24/h3-6,9,24-25H,7-8H2,1-2H3. The smallest absolute Gasteiger partial charge is 0.264 e. The van der Waals surface area contributed by atoms with Crippen molar-refractivity contribution < 1.29 is 19.3 Å². The van der Waals surface area contributed by atoms with Crippen LogP contribution in [0.15, 0.2) is 29.3 Å². The Labute approximate surface area is 158 Å². The number of aliphatic hydroxyl groups is 1. The predicted octanol–water partition coefficient (Wildman–Crippen LogP) is 2.94. The average Bonchev–Trinajstić information content (AvgIpc) is 2.64. The van der Waals surface area contributed by atoms with Gasteiger partial charge in [0.2, 0.25) is 0 Å². The van der Waals surface area contributed by atoms with Crippen molar-refractivity contribution in [2.45, 2.75) is 20.4 Å². The molecule has 2 N–H and O–H groups in total. The number of aliphatic hydroxyl groups excluding tert-OH is 1. The Hall–Kier alpha value is -2.71. The van der Waals surface area contributed by atoms with Crippen LogP contribution in [0.4, 0.5) is 4.39 Å². The van der Waals surface area contributed by atoms with E-state index in [2.05, 4.69) is 9.97 Å². The first-order valence-corrected chi connectivity index (χ1v) is 8.53. The van der Waals surface area contributed by atoms with Gasteiger partial charge in [-0.2, -0.15) is 0 Å². The van der Waals surface area contributed by atoms with Gasteiger partial charge in [-0.15, -0.1) is 0 Å². The minimum Gasteiger partial charge on any atom is -0.505 e. The Morgan fingerprint density at radius 2 is 1.96 bits per heavy atom. The molecular weight excluding hydrogens is 377 g/mol. The molecule has 7 nitrogen and oxygen atoms in total. The van der Waals surface area contributed by atoms with Crippen molar-refractivity contribution in [1.29, 1.82) is 0 Å². The van der Waals surface area contributed by atoms with Gasteiger partial charge in [0.15, 0.2) is 23.9 Å². The first-order valence-electron chi connectivity index (χ1n) is 8.15. The molecule has 0 aliphatic heterocycles. The van der Waals surface area contributed by atoms with Gasteiger partial charge >= 0.3 is 0 Å². The number of benzene rings is 1. The van der Waals surface area contributed by atoms with Crippen LogP contribution in [0.2, 0.25) is 5.02 Å². The highest BCUT2D eigenvalue weighted by atomic mass is 35.5. The van der Waals surface area contributed by atoms with Crippen LogP contribution < -0.4 is 10.3 Å². The quantitative estimate of drug-likeness (QED) is 0.647. The fourth-order valence-corrected chi connectivity index (χ4v) is 3.09. The first-order chi connectivity index (χ1) is 12.9. The molecule has 0 radical (unpaired) electrons. The summed E-state index contributed by atoms with van der Waals surface area (Å²) < 4.78 is 21.0. The topological polar surface area (TPSA) is 97.5 Å². The Morgan fingerprint density at radius 3 is 2.63 bits per heavy atom. The number of aromatic nitrogens is 3. The van der Waals surface area contributed by atoms with Crippen LogP contribution in [-0.4, -0.2) is 31.5 Å². The van der Waals surface area contributed by atoms with Crippen molar-refractivity contribution in [3.05, 3.63) is 45.7 Å². The third kappa shape index (κ3) is 3.33. The number of ether oxygens (including phenoxy) is 1. The van der Waals surface area contributed by atoms with Crippen LogP contribution in [-0.2, 0) is 6.54 Å². The van der Waals surface area contributed by atoms with Crippen LogP contribution in [0.1, 0.15) is 13.8 Å². The number of nitrogens with zero attached hydrogens (tertiary/aromatic N) is 3. The van der Waals surface area contributed by atoms with Gasteiger partial charge in [-0.05, 0) is 18.1 Å². The number of hydrogen-bond acceptors (Lipinski definition) is 6. The summed E-state index contributed by atoms with van der Waals surface area (Å²) in [5.74, 6) is -1.55. The van der Waals surface area contributed by atoms with E-state index in [1.807, 2.05) is 13.8 Å². The zero-order valence-electron chi connectivity index (χ0n) is 14.6. The molecule has 2 heterocycles. The number of halogens is 2. The zero-order chi connectivity index (χ0) is 19.7. The van der Waals surface area contributed by atoms with E-state index in [9.17, 15) is 14.3 Å². The third-order valence-corrected chi connectivity index (χ3v) is 4.22. The second-order valence-corrected chi connectivity index (χ2v) is 6.68. The van der Waals surface area contributed by atoms with Crippen LogP contribution in [0.5, 0.6) is 11.5 Å². The Bertz CT molecular complexity index is 1070. The summed E-state index contributed by atoms with van der Waals surface area (Å²) in [7, 11) is 0. The highest BCUT2D eigenvalue weighted by molar-refractivity contribution is 6.32. The zero-order valence-corrected chi connectivity index (χ0v) is 15.4.